The van der Waals surface area contributed by atoms with Crippen molar-refractivity contribution in [1.29, 1.82) is 0 Å². The molecular weight excluding hydrogens is 260 g/mol. The van der Waals surface area contributed by atoms with Crippen LogP contribution >= 0.6 is 0 Å². The van der Waals surface area contributed by atoms with Crippen LogP contribution in [0.3, 0.4) is 0 Å². The van der Waals surface area contributed by atoms with Crippen LogP contribution < -0.4 is 0 Å². The van der Waals surface area contributed by atoms with Crippen molar-refractivity contribution >= 4 is 11.2 Å². The van der Waals surface area contributed by atoms with Crippen molar-refractivity contribution < 1.29 is 4.42 Å². The normalized spacial score (nSPS) is 10.9. The number of rotatable bonds is 2. The average Bonchev–Trinajstić information content (AvgIpc) is 3.00. The van der Waals surface area contributed by atoms with Crippen molar-refractivity contribution in [1.82, 2.24) is 9.97 Å². The summed E-state index contributed by atoms with van der Waals surface area (Å²) in [7, 11) is 0. The number of fused-ring (bicyclic) bond motifs is 1. The van der Waals surface area contributed by atoms with Crippen molar-refractivity contribution in [2.24, 2.45) is 0 Å². The second kappa shape index (κ2) is 4.87. The first-order valence-electron chi connectivity index (χ1n) is 6.78. The maximum Gasteiger partial charge on any atom is 0.228 e. The van der Waals surface area contributed by atoms with Crippen LogP contribution in [-0.2, 0) is 0 Å². The number of hydrogen-bond acceptors (Lipinski definition) is 3. The lowest BCUT2D eigenvalue weighted by Gasteiger charge is -2.00. The SMILES string of the molecule is c1ccc(-c2nc3nccc(-c4ccccc4)c3o2)cc1. The summed E-state index contributed by atoms with van der Waals surface area (Å²) in [6, 6.07) is 21.9. The minimum absolute atomic E-state index is 0.599. The third-order valence-electron chi connectivity index (χ3n) is 3.40. The van der Waals surface area contributed by atoms with E-state index in [0.29, 0.717) is 11.5 Å². The quantitative estimate of drug-likeness (QED) is 0.537. The summed E-state index contributed by atoms with van der Waals surface area (Å²) in [5, 5.41) is 0. The van der Waals surface area contributed by atoms with Crippen LogP contribution in [0, 0.1) is 0 Å². The zero-order valence-corrected chi connectivity index (χ0v) is 11.2. The van der Waals surface area contributed by atoms with Crippen molar-refractivity contribution in [2.75, 3.05) is 0 Å². The Kier molecular flexibility index (Phi) is 2.75. The summed E-state index contributed by atoms with van der Waals surface area (Å²) < 4.78 is 5.97. The molecule has 0 aliphatic rings. The zero-order valence-electron chi connectivity index (χ0n) is 11.2. The van der Waals surface area contributed by atoms with E-state index in [2.05, 4.69) is 22.1 Å². The Bertz CT molecular complexity index is 883. The van der Waals surface area contributed by atoms with E-state index in [9.17, 15) is 0 Å². The molecule has 3 heteroatoms. The third kappa shape index (κ3) is 2.09. The van der Waals surface area contributed by atoms with Gasteiger partial charge in [0.15, 0.2) is 11.2 Å². The molecule has 2 aromatic carbocycles. The van der Waals surface area contributed by atoms with Crippen molar-refractivity contribution in [3.05, 3.63) is 72.9 Å². The van der Waals surface area contributed by atoms with Gasteiger partial charge < -0.3 is 4.42 Å². The number of benzene rings is 2. The van der Waals surface area contributed by atoms with Crippen LogP contribution in [0.15, 0.2) is 77.3 Å². The smallest absolute Gasteiger partial charge is 0.228 e. The Labute approximate surface area is 121 Å². The van der Waals surface area contributed by atoms with Crippen LogP contribution in [-0.4, -0.2) is 9.97 Å². The number of aromatic nitrogens is 2. The van der Waals surface area contributed by atoms with Gasteiger partial charge >= 0.3 is 0 Å². The summed E-state index contributed by atoms with van der Waals surface area (Å²) in [6.07, 6.45) is 1.77. The van der Waals surface area contributed by atoms with E-state index in [1.54, 1.807) is 6.20 Å². The summed E-state index contributed by atoms with van der Waals surface area (Å²) in [6.45, 7) is 0. The van der Waals surface area contributed by atoms with E-state index in [1.807, 2.05) is 54.6 Å². The molecule has 0 bridgehead atoms. The van der Waals surface area contributed by atoms with Gasteiger partial charge in [-0.25, -0.2) is 4.98 Å². The fourth-order valence-corrected chi connectivity index (χ4v) is 2.38. The Morgan fingerprint density at radius 1 is 0.714 bits per heavy atom. The summed E-state index contributed by atoms with van der Waals surface area (Å²) in [5.74, 6) is 0.599. The Hall–Kier alpha value is -2.94. The number of hydrogen-bond donors (Lipinski definition) is 0. The van der Waals surface area contributed by atoms with Gasteiger partial charge in [0.2, 0.25) is 5.89 Å². The molecule has 0 saturated carbocycles. The number of pyridine rings is 1. The predicted molar refractivity (Wildman–Crippen MR) is 82.7 cm³/mol. The molecule has 2 heterocycles. The molecule has 0 spiro atoms. The van der Waals surface area contributed by atoms with Gasteiger partial charge in [0, 0.05) is 17.3 Å². The molecule has 100 valence electrons. The molecular formula is C18H12N2O. The van der Waals surface area contributed by atoms with E-state index in [1.165, 1.54) is 0 Å². The lowest BCUT2D eigenvalue weighted by molar-refractivity contribution is 0.620. The summed E-state index contributed by atoms with van der Waals surface area (Å²) in [5.41, 5.74) is 4.42. The maximum atomic E-state index is 5.97. The van der Waals surface area contributed by atoms with Crippen LogP contribution in [0.4, 0.5) is 0 Å². The second-order valence-corrected chi connectivity index (χ2v) is 4.76. The van der Waals surface area contributed by atoms with Crippen LogP contribution in [0.1, 0.15) is 0 Å². The summed E-state index contributed by atoms with van der Waals surface area (Å²) >= 11 is 0. The standard InChI is InChI=1S/C18H12N2O/c1-3-7-13(8-4-1)15-11-12-19-17-16(15)21-18(20-17)14-9-5-2-6-10-14/h1-12H. The Morgan fingerprint density at radius 2 is 1.38 bits per heavy atom. The highest BCUT2D eigenvalue weighted by molar-refractivity contribution is 5.89. The molecule has 0 aliphatic heterocycles. The third-order valence-corrected chi connectivity index (χ3v) is 3.40. The molecule has 0 fully saturated rings. The fraction of sp³-hybridized carbons (Fsp3) is 0. The van der Waals surface area contributed by atoms with Gasteiger partial charge in [-0.15, -0.1) is 0 Å². The van der Waals surface area contributed by atoms with E-state index in [0.717, 1.165) is 22.3 Å². The van der Waals surface area contributed by atoms with E-state index in [-0.39, 0.29) is 0 Å². The molecule has 0 radical (unpaired) electrons. The van der Waals surface area contributed by atoms with Gasteiger partial charge in [-0.3, -0.25) is 0 Å². The van der Waals surface area contributed by atoms with Gasteiger partial charge in [0.25, 0.3) is 0 Å². The van der Waals surface area contributed by atoms with Crippen molar-refractivity contribution in [3.63, 3.8) is 0 Å². The molecule has 0 saturated heterocycles. The van der Waals surface area contributed by atoms with Gasteiger partial charge in [-0.05, 0) is 23.8 Å². The lowest BCUT2D eigenvalue weighted by atomic mass is 10.1. The fourth-order valence-electron chi connectivity index (χ4n) is 2.38. The van der Waals surface area contributed by atoms with Crippen LogP contribution in [0.5, 0.6) is 0 Å². The largest absolute Gasteiger partial charge is 0.434 e. The molecule has 0 unspecified atom stereocenters. The molecule has 2 aromatic heterocycles. The highest BCUT2D eigenvalue weighted by Gasteiger charge is 2.13. The molecule has 3 nitrogen and oxygen atoms in total. The molecule has 0 N–H and O–H groups in total. The first-order chi connectivity index (χ1) is 10.4. The van der Waals surface area contributed by atoms with Gasteiger partial charge in [-0.2, -0.15) is 4.98 Å². The predicted octanol–water partition coefficient (Wildman–Crippen LogP) is 4.56. The highest BCUT2D eigenvalue weighted by Crippen LogP contribution is 2.30. The minimum Gasteiger partial charge on any atom is -0.434 e. The Balaban J connectivity index is 1.93. The molecule has 4 rings (SSSR count). The van der Waals surface area contributed by atoms with Gasteiger partial charge in [0.05, 0.1) is 0 Å². The van der Waals surface area contributed by atoms with Crippen molar-refractivity contribution in [2.45, 2.75) is 0 Å². The zero-order chi connectivity index (χ0) is 14.1. The van der Waals surface area contributed by atoms with Gasteiger partial charge in [-0.1, -0.05) is 48.5 Å². The maximum absolute atomic E-state index is 5.97. The topological polar surface area (TPSA) is 38.9 Å². The first kappa shape index (κ1) is 11.9. The minimum atomic E-state index is 0.599. The molecule has 0 atom stereocenters. The van der Waals surface area contributed by atoms with E-state index in [4.69, 9.17) is 4.42 Å². The molecule has 0 aliphatic carbocycles. The highest BCUT2D eigenvalue weighted by atomic mass is 16.3. The van der Waals surface area contributed by atoms with E-state index >= 15 is 0 Å². The summed E-state index contributed by atoms with van der Waals surface area (Å²) in [4.78, 5) is 8.80. The lowest BCUT2D eigenvalue weighted by Crippen LogP contribution is -1.81. The molecule has 4 aromatic rings. The second-order valence-electron chi connectivity index (χ2n) is 4.76. The first-order valence-corrected chi connectivity index (χ1v) is 6.78. The Morgan fingerprint density at radius 3 is 2.10 bits per heavy atom. The van der Waals surface area contributed by atoms with Crippen LogP contribution in [0.2, 0.25) is 0 Å². The number of nitrogens with zero attached hydrogens (tertiary/aromatic N) is 2. The number of oxazole rings is 1. The monoisotopic (exact) mass is 272 g/mol. The average molecular weight is 272 g/mol. The molecule has 21 heavy (non-hydrogen) atoms. The van der Waals surface area contributed by atoms with E-state index < -0.39 is 0 Å². The van der Waals surface area contributed by atoms with Crippen molar-refractivity contribution in [3.8, 4) is 22.6 Å². The van der Waals surface area contributed by atoms with Gasteiger partial charge in [0.1, 0.15) is 0 Å². The molecule has 0 amide bonds. The van der Waals surface area contributed by atoms with Crippen LogP contribution in [0.25, 0.3) is 33.8 Å².